The number of sulfonamides is 1. The Morgan fingerprint density at radius 2 is 1.82 bits per heavy atom. The van der Waals surface area contributed by atoms with Gasteiger partial charge in [-0.1, -0.05) is 6.07 Å². The zero-order valence-electron chi connectivity index (χ0n) is 11.2. The van der Waals surface area contributed by atoms with Crippen molar-refractivity contribution in [2.75, 3.05) is 4.72 Å². The van der Waals surface area contributed by atoms with Gasteiger partial charge in [-0.15, -0.1) is 0 Å². The van der Waals surface area contributed by atoms with Crippen LogP contribution in [0.1, 0.15) is 5.56 Å². The first kappa shape index (κ1) is 15.8. The molecule has 0 spiro atoms. The maximum Gasteiger partial charge on any atom is 0.271 e. The van der Waals surface area contributed by atoms with E-state index in [9.17, 15) is 27.3 Å². The van der Waals surface area contributed by atoms with E-state index in [4.69, 9.17) is 0 Å². The van der Waals surface area contributed by atoms with E-state index in [2.05, 4.69) is 4.72 Å². The van der Waals surface area contributed by atoms with Crippen molar-refractivity contribution in [1.29, 1.82) is 0 Å². The largest absolute Gasteiger partial charge is 0.279 e. The smallest absolute Gasteiger partial charge is 0.271 e. The lowest BCUT2D eigenvalue weighted by atomic mass is 10.2. The van der Waals surface area contributed by atoms with E-state index in [-0.39, 0.29) is 11.4 Å². The molecule has 0 unspecified atom stereocenters. The molecule has 1 N–H and O–H groups in total. The number of rotatable bonds is 4. The van der Waals surface area contributed by atoms with E-state index >= 15 is 0 Å². The van der Waals surface area contributed by atoms with Crippen LogP contribution in [0.15, 0.2) is 41.3 Å². The van der Waals surface area contributed by atoms with E-state index in [1.54, 1.807) is 0 Å². The summed E-state index contributed by atoms with van der Waals surface area (Å²) in [6, 6.07) is 5.61. The van der Waals surface area contributed by atoms with Crippen molar-refractivity contribution in [3.05, 3.63) is 63.7 Å². The summed E-state index contributed by atoms with van der Waals surface area (Å²) in [7, 11) is -4.34. The van der Waals surface area contributed by atoms with Crippen LogP contribution >= 0.6 is 0 Å². The number of aryl methyl sites for hydroxylation is 1. The van der Waals surface area contributed by atoms with E-state index in [1.165, 1.54) is 19.1 Å². The highest BCUT2D eigenvalue weighted by Crippen LogP contribution is 2.25. The van der Waals surface area contributed by atoms with Crippen LogP contribution < -0.4 is 4.72 Å². The van der Waals surface area contributed by atoms with E-state index < -0.39 is 31.5 Å². The van der Waals surface area contributed by atoms with E-state index in [0.717, 1.165) is 18.2 Å². The fourth-order valence-corrected chi connectivity index (χ4v) is 2.91. The minimum absolute atomic E-state index is 0.0575. The Morgan fingerprint density at radius 3 is 2.41 bits per heavy atom. The molecular formula is C13H10F2N2O4S. The molecule has 2 aromatic rings. The van der Waals surface area contributed by atoms with Crippen molar-refractivity contribution in [3.8, 4) is 0 Å². The third-order valence-electron chi connectivity index (χ3n) is 2.86. The van der Waals surface area contributed by atoms with Gasteiger partial charge >= 0.3 is 0 Å². The molecule has 6 nitrogen and oxygen atoms in total. The summed E-state index contributed by atoms with van der Waals surface area (Å²) >= 11 is 0. The van der Waals surface area contributed by atoms with Crippen LogP contribution in [-0.2, 0) is 10.0 Å². The standard InChI is InChI=1S/C13H10F2N2O4S/c1-8-2-4-10(17(18)19)7-12(8)16-22(20,21)13-5-3-9(14)6-11(13)15/h2-7,16H,1H3. The van der Waals surface area contributed by atoms with Crippen molar-refractivity contribution >= 4 is 21.4 Å². The molecule has 0 aliphatic rings. The number of hydrogen-bond donors (Lipinski definition) is 1. The van der Waals surface area contributed by atoms with Gasteiger partial charge in [-0.2, -0.15) is 0 Å². The highest BCUT2D eigenvalue weighted by molar-refractivity contribution is 7.92. The van der Waals surface area contributed by atoms with Crippen molar-refractivity contribution in [3.63, 3.8) is 0 Å². The minimum Gasteiger partial charge on any atom is -0.279 e. The summed E-state index contributed by atoms with van der Waals surface area (Å²) in [4.78, 5) is 9.28. The number of nitro benzene ring substituents is 1. The Morgan fingerprint density at radius 1 is 1.14 bits per heavy atom. The van der Waals surface area contributed by atoms with E-state index in [0.29, 0.717) is 11.6 Å². The highest BCUT2D eigenvalue weighted by atomic mass is 32.2. The monoisotopic (exact) mass is 328 g/mol. The maximum absolute atomic E-state index is 13.6. The zero-order chi connectivity index (χ0) is 16.5. The average molecular weight is 328 g/mol. The predicted octanol–water partition coefficient (Wildman–Crippen LogP) is 2.98. The molecule has 9 heteroatoms. The lowest BCUT2D eigenvalue weighted by Crippen LogP contribution is -2.15. The Bertz CT molecular complexity index is 853. The van der Waals surface area contributed by atoms with Crippen molar-refractivity contribution in [2.45, 2.75) is 11.8 Å². The summed E-state index contributed by atoms with van der Waals surface area (Å²) < 4.78 is 52.7. The third-order valence-corrected chi connectivity index (χ3v) is 4.26. The summed E-state index contributed by atoms with van der Waals surface area (Å²) in [5, 5.41) is 10.7. The molecule has 0 bridgehead atoms. The average Bonchev–Trinajstić information content (AvgIpc) is 2.40. The number of anilines is 1. The highest BCUT2D eigenvalue weighted by Gasteiger charge is 2.21. The number of hydrogen-bond acceptors (Lipinski definition) is 4. The number of nitrogens with zero attached hydrogens (tertiary/aromatic N) is 1. The number of nitrogens with one attached hydrogen (secondary N) is 1. The van der Waals surface area contributed by atoms with Gasteiger partial charge in [-0.3, -0.25) is 14.8 Å². The first-order chi connectivity index (χ1) is 10.2. The molecule has 2 rings (SSSR count). The predicted molar refractivity (Wildman–Crippen MR) is 75.0 cm³/mol. The van der Waals surface area contributed by atoms with Crippen molar-refractivity contribution < 1.29 is 22.1 Å². The minimum atomic E-state index is -4.34. The summed E-state index contributed by atoms with van der Waals surface area (Å²) in [6.45, 7) is 1.53. The summed E-state index contributed by atoms with van der Waals surface area (Å²) in [5.74, 6) is -2.17. The Kier molecular flexibility index (Phi) is 4.09. The van der Waals surface area contributed by atoms with Gasteiger partial charge in [0.1, 0.15) is 16.5 Å². The number of benzene rings is 2. The molecule has 0 fully saturated rings. The molecule has 0 aromatic heterocycles. The SMILES string of the molecule is Cc1ccc([N+](=O)[O-])cc1NS(=O)(=O)c1ccc(F)cc1F. The lowest BCUT2D eigenvalue weighted by molar-refractivity contribution is -0.384. The van der Waals surface area contributed by atoms with Crippen LogP contribution in [0, 0.1) is 28.7 Å². The van der Waals surface area contributed by atoms with Gasteiger partial charge in [0.2, 0.25) is 0 Å². The van der Waals surface area contributed by atoms with Gasteiger partial charge in [-0.25, -0.2) is 17.2 Å². The van der Waals surface area contributed by atoms with Gasteiger partial charge in [-0.05, 0) is 24.6 Å². The second-order valence-electron chi connectivity index (χ2n) is 4.44. The molecule has 0 atom stereocenters. The zero-order valence-corrected chi connectivity index (χ0v) is 12.0. The van der Waals surface area contributed by atoms with E-state index in [1.807, 2.05) is 0 Å². The summed E-state index contributed by atoms with van der Waals surface area (Å²) in [6.07, 6.45) is 0. The number of nitro groups is 1. The number of halogens is 2. The van der Waals surface area contributed by atoms with Gasteiger partial charge in [0.25, 0.3) is 15.7 Å². The van der Waals surface area contributed by atoms with Crippen molar-refractivity contribution in [2.24, 2.45) is 0 Å². The Labute approximate surface area is 124 Å². The van der Waals surface area contributed by atoms with Crippen LogP contribution in [0.5, 0.6) is 0 Å². The first-order valence-electron chi connectivity index (χ1n) is 5.93. The van der Waals surface area contributed by atoms with Crippen LogP contribution in [0.25, 0.3) is 0 Å². The van der Waals surface area contributed by atoms with Crippen LogP contribution in [-0.4, -0.2) is 13.3 Å². The Hall–Kier alpha value is -2.55. The number of non-ortho nitro benzene ring substituents is 1. The first-order valence-corrected chi connectivity index (χ1v) is 7.42. The molecule has 0 amide bonds. The second kappa shape index (κ2) is 5.68. The molecule has 2 aromatic carbocycles. The molecule has 0 aliphatic heterocycles. The normalized spacial score (nSPS) is 11.2. The molecule has 0 aliphatic carbocycles. The molecule has 22 heavy (non-hydrogen) atoms. The molecule has 0 saturated heterocycles. The second-order valence-corrected chi connectivity index (χ2v) is 6.09. The molecule has 0 saturated carbocycles. The van der Waals surface area contributed by atoms with Gasteiger partial charge < -0.3 is 0 Å². The third kappa shape index (κ3) is 3.19. The van der Waals surface area contributed by atoms with Gasteiger partial charge in [0, 0.05) is 18.2 Å². The topological polar surface area (TPSA) is 89.3 Å². The molecule has 0 heterocycles. The Balaban J connectivity index is 2.45. The van der Waals surface area contributed by atoms with Crippen LogP contribution in [0.2, 0.25) is 0 Å². The molecule has 0 radical (unpaired) electrons. The molecular weight excluding hydrogens is 318 g/mol. The van der Waals surface area contributed by atoms with Crippen LogP contribution in [0.3, 0.4) is 0 Å². The van der Waals surface area contributed by atoms with Gasteiger partial charge in [0.05, 0.1) is 10.6 Å². The quantitative estimate of drug-likeness (QED) is 0.690. The van der Waals surface area contributed by atoms with Crippen molar-refractivity contribution in [1.82, 2.24) is 0 Å². The lowest BCUT2D eigenvalue weighted by Gasteiger charge is -2.11. The maximum atomic E-state index is 13.6. The fourth-order valence-electron chi connectivity index (χ4n) is 1.73. The molecule has 116 valence electrons. The van der Waals surface area contributed by atoms with Crippen LogP contribution in [0.4, 0.5) is 20.2 Å². The fraction of sp³-hybridized carbons (Fsp3) is 0.0769. The summed E-state index contributed by atoms with van der Waals surface area (Å²) in [5.41, 5.74) is 0.0393. The van der Waals surface area contributed by atoms with Gasteiger partial charge in [0.15, 0.2) is 0 Å².